The molecule has 2 atom stereocenters. The number of rotatable bonds is 10. The molecule has 0 N–H and O–H groups in total. The summed E-state index contributed by atoms with van der Waals surface area (Å²) in [5.74, 6) is 0. The largest absolute Gasteiger partial charge is 0.389 e. The molecular weight excluding hydrogens is 306 g/mol. The fraction of sp³-hybridized carbons (Fsp3) is 1.00. The van der Waals surface area contributed by atoms with Crippen molar-refractivity contribution in [3.8, 4) is 0 Å². The van der Waals surface area contributed by atoms with Gasteiger partial charge in [-0.1, -0.05) is 26.7 Å². The molecule has 138 valence electrons. The van der Waals surface area contributed by atoms with Gasteiger partial charge < -0.3 is 18.5 Å². The molecule has 1 fully saturated rings. The number of unbranched alkanes of at least 4 members (excludes halogenated alkanes) is 2. The van der Waals surface area contributed by atoms with E-state index in [1.807, 2.05) is 0 Å². The maximum atomic E-state index is 6.27. The lowest BCUT2D eigenvalue weighted by Crippen LogP contribution is -2.48. The molecule has 0 amide bonds. The first-order valence-corrected chi connectivity index (χ1v) is 12.2. The maximum Gasteiger partial charge on any atom is 0.335 e. The van der Waals surface area contributed by atoms with Crippen molar-refractivity contribution in [1.82, 2.24) is 4.90 Å². The SMILES string of the molecule is CCCCN(CCCC)CCC[Si]1(C)OC(C)COCC(C)O1. The van der Waals surface area contributed by atoms with Crippen LogP contribution in [0.1, 0.15) is 59.8 Å². The zero-order valence-corrected chi connectivity index (χ0v) is 17.1. The highest BCUT2D eigenvalue weighted by molar-refractivity contribution is 6.66. The summed E-state index contributed by atoms with van der Waals surface area (Å²) in [7, 11) is -2.08. The fourth-order valence-corrected chi connectivity index (χ4v) is 6.12. The van der Waals surface area contributed by atoms with E-state index < -0.39 is 8.56 Å². The Morgan fingerprint density at radius 3 is 1.83 bits per heavy atom. The predicted molar refractivity (Wildman–Crippen MR) is 99.2 cm³/mol. The molecule has 1 aliphatic rings. The molecular formula is C18H39NO3Si. The van der Waals surface area contributed by atoms with Crippen LogP contribution in [0, 0.1) is 0 Å². The summed E-state index contributed by atoms with van der Waals surface area (Å²) in [4.78, 5) is 2.63. The second-order valence-electron chi connectivity index (χ2n) is 7.18. The minimum atomic E-state index is -2.08. The van der Waals surface area contributed by atoms with Crippen LogP contribution in [0.2, 0.25) is 12.6 Å². The highest BCUT2D eigenvalue weighted by atomic mass is 28.4. The Balaban J connectivity index is 2.44. The van der Waals surface area contributed by atoms with Crippen LogP contribution in [0.3, 0.4) is 0 Å². The molecule has 0 bridgehead atoms. The Labute approximate surface area is 145 Å². The van der Waals surface area contributed by atoms with Crippen LogP contribution in [-0.2, 0) is 13.6 Å². The first kappa shape index (κ1) is 21.1. The average molecular weight is 346 g/mol. The lowest BCUT2D eigenvalue weighted by Gasteiger charge is -2.36. The van der Waals surface area contributed by atoms with E-state index in [1.54, 1.807) is 0 Å². The highest BCUT2D eigenvalue weighted by Gasteiger charge is 2.36. The first-order chi connectivity index (χ1) is 11.0. The minimum Gasteiger partial charge on any atom is -0.389 e. The number of hydrogen-bond donors (Lipinski definition) is 0. The Hall–Kier alpha value is 0.0569. The van der Waals surface area contributed by atoms with Crippen LogP contribution >= 0.6 is 0 Å². The molecule has 1 rings (SSSR count). The van der Waals surface area contributed by atoms with E-state index in [2.05, 4.69) is 39.1 Å². The summed E-state index contributed by atoms with van der Waals surface area (Å²) in [6.07, 6.45) is 6.63. The Bertz CT molecular complexity index is 284. The zero-order valence-electron chi connectivity index (χ0n) is 16.1. The van der Waals surface area contributed by atoms with Gasteiger partial charge in [0, 0.05) is 0 Å². The standard InChI is InChI=1S/C18H39NO3Si/c1-6-8-11-19(12-9-7-2)13-10-14-23(5)21-17(3)15-20-16-18(4)22-23/h17-18H,6-16H2,1-5H3. The molecule has 1 saturated heterocycles. The van der Waals surface area contributed by atoms with Crippen LogP contribution in [0.4, 0.5) is 0 Å². The topological polar surface area (TPSA) is 30.9 Å². The molecule has 4 nitrogen and oxygen atoms in total. The van der Waals surface area contributed by atoms with E-state index in [1.165, 1.54) is 51.7 Å². The van der Waals surface area contributed by atoms with E-state index in [0.29, 0.717) is 13.2 Å². The summed E-state index contributed by atoms with van der Waals surface area (Å²) in [6.45, 7) is 16.0. The third kappa shape index (κ3) is 9.20. The highest BCUT2D eigenvalue weighted by Crippen LogP contribution is 2.22. The van der Waals surface area contributed by atoms with Gasteiger partial charge in [0.05, 0.1) is 25.4 Å². The molecule has 0 aromatic carbocycles. The fourth-order valence-electron chi connectivity index (χ4n) is 3.19. The summed E-state index contributed by atoms with van der Waals surface area (Å²) < 4.78 is 18.1. The maximum absolute atomic E-state index is 6.27. The molecule has 0 spiro atoms. The van der Waals surface area contributed by atoms with Crippen LogP contribution in [0.5, 0.6) is 0 Å². The monoisotopic (exact) mass is 345 g/mol. The van der Waals surface area contributed by atoms with Gasteiger partial charge in [0.1, 0.15) is 0 Å². The number of hydrogen-bond acceptors (Lipinski definition) is 4. The van der Waals surface area contributed by atoms with Crippen molar-refractivity contribution in [2.75, 3.05) is 32.8 Å². The van der Waals surface area contributed by atoms with Crippen molar-refractivity contribution in [2.45, 2.75) is 84.6 Å². The second-order valence-corrected chi connectivity index (χ2v) is 10.4. The normalized spacial score (nSPS) is 29.5. The Morgan fingerprint density at radius 1 is 0.870 bits per heavy atom. The molecule has 2 unspecified atom stereocenters. The van der Waals surface area contributed by atoms with Gasteiger partial charge in [-0.15, -0.1) is 0 Å². The van der Waals surface area contributed by atoms with Gasteiger partial charge in [-0.05, 0) is 65.3 Å². The van der Waals surface area contributed by atoms with Crippen molar-refractivity contribution in [1.29, 1.82) is 0 Å². The number of nitrogens with zero attached hydrogens (tertiary/aromatic N) is 1. The van der Waals surface area contributed by atoms with Gasteiger partial charge in [0.2, 0.25) is 0 Å². The zero-order chi connectivity index (χ0) is 17.1. The van der Waals surface area contributed by atoms with Gasteiger partial charge in [-0.25, -0.2) is 0 Å². The lowest BCUT2D eigenvalue weighted by atomic mass is 10.2. The van der Waals surface area contributed by atoms with E-state index in [0.717, 1.165) is 6.04 Å². The first-order valence-electron chi connectivity index (χ1n) is 9.64. The molecule has 0 aromatic rings. The average Bonchev–Trinajstić information content (AvgIpc) is 2.47. The molecule has 23 heavy (non-hydrogen) atoms. The van der Waals surface area contributed by atoms with Gasteiger partial charge in [-0.2, -0.15) is 0 Å². The molecule has 0 aliphatic carbocycles. The summed E-state index contributed by atoms with van der Waals surface area (Å²) >= 11 is 0. The van der Waals surface area contributed by atoms with Gasteiger partial charge in [0.25, 0.3) is 0 Å². The van der Waals surface area contributed by atoms with E-state index >= 15 is 0 Å². The third-order valence-corrected chi connectivity index (χ3v) is 7.43. The van der Waals surface area contributed by atoms with Crippen LogP contribution < -0.4 is 0 Å². The minimum absolute atomic E-state index is 0.149. The lowest BCUT2D eigenvalue weighted by molar-refractivity contribution is -0.0371. The van der Waals surface area contributed by atoms with Crippen molar-refractivity contribution in [2.24, 2.45) is 0 Å². The Kier molecular flexibility index (Phi) is 10.6. The van der Waals surface area contributed by atoms with Crippen LogP contribution in [0.25, 0.3) is 0 Å². The summed E-state index contributed by atoms with van der Waals surface area (Å²) in [5, 5.41) is 0. The molecule has 1 heterocycles. The third-order valence-electron chi connectivity index (χ3n) is 4.37. The van der Waals surface area contributed by atoms with Crippen LogP contribution in [0.15, 0.2) is 0 Å². The van der Waals surface area contributed by atoms with Gasteiger partial charge in [0.15, 0.2) is 0 Å². The van der Waals surface area contributed by atoms with E-state index in [9.17, 15) is 0 Å². The molecule has 0 saturated carbocycles. The number of ether oxygens (including phenoxy) is 1. The molecule has 0 radical (unpaired) electrons. The smallest absolute Gasteiger partial charge is 0.335 e. The van der Waals surface area contributed by atoms with Crippen molar-refractivity contribution < 1.29 is 13.6 Å². The quantitative estimate of drug-likeness (QED) is 0.556. The van der Waals surface area contributed by atoms with E-state index in [4.69, 9.17) is 13.6 Å². The van der Waals surface area contributed by atoms with Crippen molar-refractivity contribution in [3.05, 3.63) is 0 Å². The second kappa shape index (κ2) is 11.6. The van der Waals surface area contributed by atoms with Crippen molar-refractivity contribution >= 4 is 8.56 Å². The van der Waals surface area contributed by atoms with Gasteiger partial charge >= 0.3 is 8.56 Å². The molecule has 5 heteroatoms. The van der Waals surface area contributed by atoms with Crippen molar-refractivity contribution in [3.63, 3.8) is 0 Å². The molecule has 0 aromatic heterocycles. The van der Waals surface area contributed by atoms with E-state index in [-0.39, 0.29) is 12.2 Å². The summed E-state index contributed by atoms with van der Waals surface area (Å²) in [5.41, 5.74) is 0. The Morgan fingerprint density at radius 2 is 1.35 bits per heavy atom. The summed E-state index contributed by atoms with van der Waals surface area (Å²) in [6, 6.07) is 1.08. The predicted octanol–water partition coefficient (Wildman–Crippen LogP) is 4.19. The molecule has 1 aliphatic heterocycles. The van der Waals surface area contributed by atoms with Gasteiger partial charge in [-0.3, -0.25) is 0 Å². The van der Waals surface area contributed by atoms with Crippen LogP contribution in [-0.4, -0.2) is 58.5 Å².